The largest absolute Gasteiger partial charge is 0.481 e. The Morgan fingerprint density at radius 3 is 2.31 bits per heavy atom. The summed E-state index contributed by atoms with van der Waals surface area (Å²) < 4.78 is 63.8. The van der Waals surface area contributed by atoms with Crippen LogP contribution in [0.15, 0.2) is 40.9 Å². The maximum atomic E-state index is 13.8. The van der Waals surface area contributed by atoms with Crippen molar-refractivity contribution in [2.45, 2.75) is 25.4 Å². The summed E-state index contributed by atoms with van der Waals surface area (Å²) >= 11 is 6.08. The second-order valence-corrected chi connectivity index (χ2v) is 8.37. The van der Waals surface area contributed by atoms with E-state index >= 15 is 0 Å². The first-order valence-corrected chi connectivity index (χ1v) is 11.3. The smallest absolute Gasteiger partial charge is 0.305 e. The van der Waals surface area contributed by atoms with Gasteiger partial charge in [0.25, 0.3) is 5.91 Å². The summed E-state index contributed by atoms with van der Waals surface area (Å²) in [4.78, 5) is 48.7. The predicted molar refractivity (Wildman–Crippen MR) is 125 cm³/mol. The molecule has 10 nitrogen and oxygen atoms in total. The summed E-state index contributed by atoms with van der Waals surface area (Å²) in [5, 5.41) is 17.4. The number of ketones is 1. The van der Waals surface area contributed by atoms with E-state index in [1.165, 1.54) is 13.0 Å². The number of carboxylic acid groups (broad SMARTS) is 1. The van der Waals surface area contributed by atoms with Gasteiger partial charge in [0.2, 0.25) is 17.5 Å². The minimum Gasteiger partial charge on any atom is -0.481 e. The summed E-state index contributed by atoms with van der Waals surface area (Å²) in [6.07, 6.45) is -0.985. The predicted octanol–water partition coefficient (Wildman–Crippen LogP) is 3.28. The van der Waals surface area contributed by atoms with Crippen molar-refractivity contribution < 1.29 is 51.1 Å². The van der Waals surface area contributed by atoms with E-state index in [9.17, 15) is 36.7 Å². The fourth-order valence-corrected chi connectivity index (χ4v) is 3.37. The zero-order chi connectivity index (χ0) is 28.9. The van der Waals surface area contributed by atoms with Crippen molar-refractivity contribution in [3.63, 3.8) is 0 Å². The highest BCUT2D eigenvalue weighted by molar-refractivity contribution is 6.33. The number of halogens is 5. The molecule has 3 rings (SSSR count). The van der Waals surface area contributed by atoms with E-state index in [1.54, 1.807) is 24.3 Å². The fourth-order valence-electron chi connectivity index (χ4n) is 3.14. The van der Waals surface area contributed by atoms with Crippen LogP contribution >= 0.6 is 11.6 Å². The molecule has 0 unspecified atom stereocenters. The van der Waals surface area contributed by atoms with Crippen LogP contribution < -0.4 is 15.4 Å². The number of hydrogen-bond acceptors (Lipinski definition) is 7. The standard InChI is InChI=1S/C24H18ClF4N3O7/c1-10(30-24(37)16-7-18(39-32-16)11-4-2-3-5-12(11)25)23(36)31-15(8-19(34)35)17(33)9-38-22-20(28)13(26)6-14(27)21(22)29/h2-7,10,15H,8-9H2,1H3,(H,30,37)(H,31,36)(H,34,35)/t10-,15+/m0/s1. The van der Waals surface area contributed by atoms with Crippen LogP contribution in [0.5, 0.6) is 5.75 Å². The molecule has 0 saturated carbocycles. The van der Waals surface area contributed by atoms with E-state index in [2.05, 4.69) is 20.5 Å². The van der Waals surface area contributed by atoms with E-state index < -0.39 is 77.7 Å². The molecule has 2 atom stereocenters. The van der Waals surface area contributed by atoms with E-state index in [1.807, 2.05) is 0 Å². The average molecular weight is 572 g/mol. The maximum Gasteiger partial charge on any atom is 0.305 e. The number of amides is 2. The van der Waals surface area contributed by atoms with Gasteiger partial charge in [-0.3, -0.25) is 19.2 Å². The molecule has 0 saturated heterocycles. The number of Topliss-reactive ketones (excluding diaryl/α,β-unsaturated/α-hetero) is 1. The molecule has 206 valence electrons. The van der Waals surface area contributed by atoms with Crippen molar-refractivity contribution in [1.82, 2.24) is 15.8 Å². The zero-order valence-corrected chi connectivity index (χ0v) is 20.5. The number of carboxylic acids is 1. The van der Waals surface area contributed by atoms with Crippen LogP contribution in [0.25, 0.3) is 11.3 Å². The van der Waals surface area contributed by atoms with Crippen LogP contribution in [0.4, 0.5) is 17.6 Å². The number of nitrogens with one attached hydrogen (secondary N) is 2. The molecule has 1 heterocycles. The fraction of sp³-hybridized carbons (Fsp3) is 0.208. The van der Waals surface area contributed by atoms with Gasteiger partial charge in [-0.1, -0.05) is 28.9 Å². The van der Waals surface area contributed by atoms with Crippen molar-refractivity contribution in [1.29, 1.82) is 0 Å². The molecule has 15 heteroatoms. The number of hydrogen-bond donors (Lipinski definition) is 3. The molecule has 0 fully saturated rings. The van der Waals surface area contributed by atoms with Gasteiger partial charge in [-0.25, -0.2) is 8.78 Å². The first-order chi connectivity index (χ1) is 18.4. The molecule has 0 aliphatic rings. The molecule has 39 heavy (non-hydrogen) atoms. The number of benzene rings is 2. The van der Waals surface area contributed by atoms with Gasteiger partial charge in [0.1, 0.15) is 18.7 Å². The Bertz CT molecular complexity index is 1410. The minimum atomic E-state index is -1.91. The van der Waals surface area contributed by atoms with Gasteiger partial charge >= 0.3 is 5.97 Å². The lowest BCUT2D eigenvalue weighted by Crippen LogP contribution is -2.51. The monoisotopic (exact) mass is 571 g/mol. The normalized spacial score (nSPS) is 12.4. The first kappa shape index (κ1) is 29.1. The molecule has 3 aromatic rings. The summed E-state index contributed by atoms with van der Waals surface area (Å²) in [5.41, 5.74) is 0.233. The summed E-state index contributed by atoms with van der Waals surface area (Å²) in [6.45, 7) is -0.0408. The lowest BCUT2D eigenvalue weighted by atomic mass is 10.1. The Morgan fingerprint density at radius 1 is 1.05 bits per heavy atom. The molecule has 0 radical (unpaired) electrons. The topological polar surface area (TPSA) is 148 Å². The van der Waals surface area contributed by atoms with Crippen molar-refractivity contribution >= 4 is 35.2 Å². The molecule has 3 N–H and O–H groups in total. The quantitative estimate of drug-likeness (QED) is 0.235. The molecule has 0 aliphatic carbocycles. The Labute approximate surface area is 221 Å². The maximum absolute atomic E-state index is 13.8. The van der Waals surface area contributed by atoms with Crippen molar-refractivity contribution in [3.8, 4) is 17.1 Å². The second kappa shape index (κ2) is 12.4. The van der Waals surface area contributed by atoms with Crippen LogP contribution in [0.2, 0.25) is 5.02 Å². The van der Waals surface area contributed by atoms with E-state index in [0.717, 1.165) is 0 Å². The first-order valence-electron chi connectivity index (χ1n) is 10.9. The van der Waals surface area contributed by atoms with Gasteiger partial charge in [0.05, 0.1) is 11.4 Å². The number of carbonyl (C=O) groups is 4. The summed E-state index contributed by atoms with van der Waals surface area (Å²) in [6, 6.07) is 4.64. The van der Waals surface area contributed by atoms with Crippen LogP contribution in [0.3, 0.4) is 0 Å². The van der Waals surface area contributed by atoms with Gasteiger partial charge in [-0.05, 0) is 19.1 Å². The van der Waals surface area contributed by atoms with Gasteiger partial charge in [0.15, 0.2) is 34.6 Å². The summed E-state index contributed by atoms with van der Waals surface area (Å²) in [7, 11) is 0. The lowest BCUT2D eigenvalue weighted by Gasteiger charge is -2.19. The van der Waals surface area contributed by atoms with E-state index in [-0.39, 0.29) is 17.5 Å². The molecule has 0 bridgehead atoms. The van der Waals surface area contributed by atoms with Crippen molar-refractivity contribution in [2.24, 2.45) is 0 Å². The van der Waals surface area contributed by atoms with E-state index in [4.69, 9.17) is 21.2 Å². The molecule has 0 spiro atoms. The highest BCUT2D eigenvalue weighted by Crippen LogP contribution is 2.28. The molecule has 1 aromatic heterocycles. The number of aliphatic carboxylic acids is 1. The lowest BCUT2D eigenvalue weighted by molar-refractivity contribution is -0.140. The van der Waals surface area contributed by atoms with Crippen molar-refractivity contribution in [2.75, 3.05) is 6.61 Å². The minimum absolute atomic E-state index is 0.0703. The van der Waals surface area contributed by atoms with Crippen LogP contribution in [0, 0.1) is 23.3 Å². The number of rotatable bonds is 11. The molecule has 2 amide bonds. The molecule has 0 aliphatic heterocycles. The van der Waals surface area contributed by atoms with Gasteiger partial charge in [-0.2, -0.15) is 8.78 Å². The van der Waals surface area contributed by atoms with Crippen LogP contribution in [-0.4, -0.2) is 52.5 Å². The third-order valence-electron chi connectivity index (χ3n) is 5.14. The Morgan fingerprint density at radius 2 is 1.69 bits per heavy atom. The third-order valence-corrected chi connectivity index (χ3v) is 5.47. The molecular formula is C24H18ClF4N3O7. The van der Waals surface area contributed by atoms with Gasteiger partial charge < -0.3 is 25.0 Å². The Kier molecular flexibility index (Phi) is 9.24. The number of ether oxygens (including phenoxy) is 1. The second-order valence-electron chi connectivity index (χ2n) is 7.96. The molecule has 2 aromatic carbocycles. The SMILES string of the molecule is C[C@H](NC(=O)c1cc(-c2ccccc2Cl)on1)C(=O)N[C@H](CC(=O)O)C(=O)COc1c(F)c(F)cc(F)c1F. The number of nitrogens with zero attached hydrogens (tertiary/aromatic N) is 1. The van der Waals surface area contributed by atoms with Crippen LogP contribution in [0.1, 0.15) is 23.8 Å². The third kappa shape index (κ3) is 7.10. The highest BCUT2D eigenvalue weighted by Gasteiger charge is 2.29. The molecular weight excluding hydrogens is 554 g/mol. The van der Waals surface area contributed by atoms with Crippen LogP contribution in [-0.2, 0) is 14.4 Å². The number of carbonyl (C=O) groups excluding carboxylic acids is 3. The van der Waals surface area contributed by atoms with E-state index in [0.29, 0.717) is 10.6 Å². The zero-order valence-electron chi connectivity index (χ0n) is 19.8. The Hall–Kier alpha value is -4.46. The Balaban J connectivity index is 1.64. The van der Waals surface area contributed by atoms with Crippen molar-refractivity contribution in [3.05, 3.63) is 70.4 Å². The highest BCUT2D eigenvalue weighted by atomic mass is 35.5. The average Bonchev–Trinajstić information content (AvgIpc) is 3.37. The summed E-state index contributed by atoms with van der Waals surface area (Å²) in [5.74, 6) is -13.4. The van der Waals surface area contributed by atoms with Gasteiger partial charge in [0, 0.05) is 17.7 Å². The van der Waals surface area contributed by atoms with Gasteiger partial charge in [-0.15, -0.1) is 0 Å². The number of aromatic nitrogens is 1.